The van der Waals surface area contributed by atoms with Crippen molar-refractivity contribution in [3.8, 4) is 11.5 Å². The number of ketones is 1. The number of methoxy groups -OCH3 is 1. The Morgan fingerprint density at radius 1 is 1.14 bits per heavy atom. The third-order valence-corrected chi connectivity index (χ3v) is 4.80. The summed E-state index contributed by atoms with van der Waals surface area (Å²) in [5.74, 6) is -1.62. The predicted molar refractivity (Wildman–Crippen MR) is 106 cm³/mol. The van der Waals surface area contributed by atoms with Crippen molar-refractivity contribution >= 4 is 11.8 Å². The zero-order valence-corrected chi connectivity index (χ0v) is 16.7. The number of aromatic hydroxyl groups is 1. The Bertz CT molecular complexity index is 806. The number of aromatic nitrogens is 1. The summed E-state index contributed by atoms with van der Waals surface area (Å²) in [6.07, 6.45) is 1.78. The average molecular weight is 385 g/mol. The molecule has 0 amide bonds. The lowest BCUT2D eigenvalue weighted by atomic mass is 9.91. The second-order valence-corrected chi connectivity index (χ2v) is 6.81. The van der Waals surface area contributed by atoms with Crippen molar-refractivity contribution in [2.45, 2.75) is 45.6 Å². The fourth-order valence-electron chi connectivity index (χ4n) is 3.18. The first kappa shape index (κ1) is 21.4. The van der Waals surface area contributed by atoms with E-state index in [1.165, 1.54) is 19.4 Å². The molecule has 0 aliphatic carbocycles. The Hall–Kier alpha value is -2.89. The van der Waals surface area contributed by atoms with Crippen LogP contribution in [0.3, 0.4) is 0 Å². The fraction of sp³-hybridized carbons (Fsp3) is 0.409. The molecule has 0 radical (unpaired) electrons. The third kappa shape index (κ3) is 5.09. The van der Waals surface area contributed by atoms with Crippen LogP contribution in [0.4, 0.5) is 0 Å². The molecule has 2 aromatic rings. The SMILES string of the molecule is CC[C@@H](c1ccccc1)[C@H](C)OC(=O)[C@H](C)CC(=O)c1nccc(OC)c1O. The van der Waals surface area contributed by atoms with Gasteiger partial charge in [-0.05, 0) is 18.9 Å². The molecule has 0 aliphatic heterocycles. The van der Waals surface area contributed by atoms with Gasteiger partial charge < -0.3 is 14.6 Å². The van der Waals surface area contributed by atoms with Gasteiger partial charge in [0.05, 0.1) is 13.0 Å². The van der Waals surface area contributed by atoms with Crippen LogP contribution >= 0.6 is 0 Å². The number of pyridine rings is 1. The van der Waals surface area contributed by atoms with Crippen LogP contribution in [0, 0.1) is 5.92 Å². The van der Waals surface area contributed by atoms with E-state index in [9.17, 15) is 14.7 Å². The maximum Gasteiger partial charge on any atom is 0.309 e. The number of esters is 1. The molecule has 0 spiro atoms. The van der Waals surface area contributed by atoms with Crippen LogP contribution in [0.2, 0.25) is 0 Å². The van der Waals surface area contributed by atoms with Gasteiger partial charge in [0, 0.05) is 24.6 Å². The highest BCUT2D eigenvalue weighted by molar-refractivity contribution is 5.99. The second-order valence-electron chi connectivity index (χ2n) is 6.81. The lowest BCUT2D eigenvalue weighted by Gasteiger charge is -2.24. The minimum Gasteiger partial charge on any atom is -0.503 e. The van der Waals surface area contributed by atoms with Crippen molar-refractivity contribution in [3.05, 3.63) is 53.9 Å². The Morgan fingerprint density at radius 2 is 1.82 bits per heavy atom. The summed E-state index contributed by atoms with van der Waals surface area (Å²) in [6, 6.07) is 11.4. The van der Waals surface area contributed by atoms with E-state index in [0.717, 1.165) is 12.0 Å². The molecule has 0 saturated heterocycles. The molecular formula is C22H27NO5. The van der Waals surface area contributed by atoms with Crippen molar-refractivity contribution in [2.75, 3.05) is 7.11 Å². The molecule has 1 aromatic heterocycles. The first-order valence-corrected chi connectivity index (χ1v) is 9.39. The summed E-state index contributed by atoms with van der Waals surface area (Å²) in [4.78, 5) is 28.9. The number of hydrogen-bond acceptors (Lipinski definition) is 6. The fourth-order valence-corrected chi connectivity index (χ4v) is 3.18. The van der Waals surface area contributed by atoms with Gasteiger partial charge in [0.2, 0.25) is 0 Å². The monoisotopic (exact) mass is 385 g/mol. The Kier molecular flexibility index (Phi) is 7.55. The third-order valence-electron chi connectivity index (χ3n) is 4.80. The lowest BCUT2D eigenvalue weighted by Crippen LogP contribution is -2.27. The lowest BCUT2D eigenvalue weighted by molar-refractivity contribution is -0.153. The van der Waals surface area contributed by atoms with Gasteiger partial charge in [-0.3, -0.25) is 9.59 Å². The van der Waals surface area contributed by atoms with Crippen molar-refractivity contribution < 1.29 is 24.2 Å². The van der Waals surface area contributed by atoms with Crippen LogP contribution in [-0.2, 0) is 9.53 Å². The van der Waals surface area contributed by atoms with E-state index >= 15 is 0 Å². The van der Waals surface area contributed by atoms with Crippen molar-refractivity contribution in [1.29, 1.82) is 0 Å². The van der Waals surface area contributed by atoms with Gasteiger partial charge in [0.15, 0.2) is 23.0 Å². The van der Waals surface area contributed by atoms with Crippen molar-refractivity contribution in [2.24, 2.45) is 5.92 Å². The molecule has 0 saturated carbocycles. The summed E-state index contributed by atoms with van der Waals surface area (Å²) in [6.45, 7) is 5.54. The summed E-state index contributed by atoms with van der Waals surface area (Å²) in [5.41, 5.74) is 1.00. The minimum atomic E-state index is -0.657. The topological polar surface area (TPSA) is 85.7 Å². The summed E-state index contributed by atoms with van der Waals surface area (Å²) in [5, 5.41) is 10.1. The van der Waals surface area contributed by atoms with Crippen LogP contribution in [-0.4, -0.2) is 35.1 Å². The molecule has 0 aliphatic rings. The molecule has 28 heavy (non-hydrogen) atoms. The molecule has 3 atom stereocenters. The van der Waals surface area contributed by atoms with E-state index in [4.69, 9.17) is 9.47 Å². The largest absolute Gasteiger partial charge is 0.503 e. The van der Waals surface area contributed by atoms with Crippen molar-refractivity contribution in [3.63, 3.8) is 0 Å². The zero-order valence-electron chi connectivity index (χ0n) is 16.7. The summed E-state index contributed by atoms with van der Waals surface area (Å²) < 4.78 is 10.6. The molecule has 1 aromatic carbocycles. The summed E-state index contributed by atoms with van der Waals surface area (Å²) in [7, 11) is 1.39. The first-order chi connectivity index (χ1) is 13.4. The van der Waals surface area contributed by atoms with E-state index in [2.05, 4.69) is 4.98 Å². The molecule has 0 bridgehead atoms. The number of hydrogen-bond donors (Lipinski definition) is 1. The number of carbonyl (C=O) groups is 2. The molecule has 1 N–H and O–H groups in total. The number of benzene rings is 1. The average Bonchev–Trinajstić information content (AvgIpc) is 2.69. The molecule has 6 nitrogen and oxygen atoms in total. The van der Waals surface area contributed by atoms with Gasteiger partial charge in [-0.1, -0.05) is 44.2 Å². The molecule has 6 heteroatoms. The standard InChI is InChI=1S/C22H27NO5/c1-5-17(16-9-7-6-8-10-16)15(3)28-22(26)14(2)13-18(24)20-21(25)19(27-4)11-12-23-20/h6-12,14-15,17,25H,5,13H2,1-4H3/t14-,15+,17-/m1/s1. The van der Waals surface area contributed by atoms with Crippen LogP contribution in [0.15, 0.2) is 42.6 Å². The predicted octanol–water partition coefficient (Wildman–Crippen LogP) is 4.13. The molecule has 0 unspecified atom stereocenters. The Balaban J connectivity index is 2.01. The smallest absolute Gasteiger partial charge is 0.309 e. The summed E-state index contributed by atoms with van der Waals surface area (Å²) >= 11 is 0. The maximum absolute atomic E-state index is 12.5. The van der Waals surface area contributed by atoms with E-state index in [0.29, 0.717) is 0 Å². The van der Waals surface area contributed by atoms with Gasteiger partial charge in [0.25, 0.3) is 0 Å². The molecule has 150 valence electrons. The molecule has 2 rings (SSSR count). The van der Waals surface area contributed by atoms with Gasteiger partial charge in [-0.15, -0.1) is 0 Å². The van der Waals surface area contributed by atoms with E-state index < -0.39 is 17.7 Å². The van der Waals surface area contributed by atoms with E-state index in [-0.39, 0.29) is 35.6 Å². The number of nitrogens with zero attached hydrogens (tertiary/aromatic N) is 1. The zero-order chi connectivity index (χ0) is 20.7. The first-order valence-electron chi connectivity index (χ1n) is 9.39. The van der Waals surface area contributed by atoms with Gasteiger partial charge in [-0.2, -0.15) is 0 Å². The minimum absolute atomic E-state index is 0.0807. The van der Waals surface area contributed by atoms with Gasteiger partial charge in [-0.25, -0.2) is 4.98 Å². The molecule has 1 heterocycles. The van der Waals surface area contributed by atoms with Gasteiger partial charge in [0.1, 0.15) is 6.10 Å². The number of carbonyl (C=O) groups excluding carboxylic acids is 2. The molecule has 0 fully saturated rings. The van der Waals surface area contributed by atoms with Crippen LogP contribution in [0.5, 0.6) is 11.5 Å². The van der Waals surface area contributed by atoms with E-state index in [1.54, 1.807) is 6.92 Å². The highest BCUT2D eigenvalue weighted by Crippen LogP contribution is 2.30. The van der Waals surface area contributed by atoms with Crippen LogP contribution in [0.25, 0.3) is 0 Å². The number of Topliss-reactive ketones (excluding diaryl/α,β-unsaturated/α-hetero) is 1. The van der Waals surface area contributed by atoms with E-state index in [1.807, 2.05) is 44.2 Å². The quantitative estimate of drug-likeness (QED) is 0.516. The van der Waals surface area contributed by atoms with Crippen molar-refractivity contribution in [1.82, 2.24) is 4.98 Å². The van der Waals surface area contributed by atoms with Gasteiger partial charge >= 0.3 is 5.97 Å². The number of rotatable bonds is 9. The molecular weight excluding hydrogens is 358 g/mol. The van der Waals surface area contributed by atoms with Crippen LogP contribution < -0.4 is 4.74 Å². The second kappa shape index (κ2) is 9.88. The highest BCUT2D eigenvalue weighted by Gasteiger charge is 2.27. The maximum atomic E-state index is 12.5. The normalized spacial score (nSPS) is 14.0. The Morgan fingerprint density at radius 3 is 2.43 bits per heavy atom. The van der Waals surface area contributed by atoms with Crippen LogP contribution in [0.1, 0.15) is 55.6 Å². The Labute approximate surface area is 165 Å². The highest BCUT2D eigenvalue weighted by atomic mass is 16.5. The number of ether oxygens (including phenoxy) is 2.